The lowest BCUT2D eigenvalue weighted by atomic mass is 10.2. The minimum atomic E-state index is -0.608. The van der Waals surface area contributed by atoms with Gasteiger partial charge in [0, 0.05) is 20.2 Å². The number of benzene rings is 2. The van der Waals surface area contributed by atoms with Gasteiger partial charge >= 0.3 is 0 Å². The van der Waals surface area contributed by atoms with Gasteiger partial charge in [-0.05, 0) is 48.5 Å². The van der Waals surface area contributed by atoms with Crippen LogP contribution in [-0.2, 0) is 4.79 Å². The second-order valence-electron chi connectivity index (χ2n) is 5.94. The Labute approximate surface area is 192 Å². The van der Waals surface area contributed by atoms with E-state index < -0.39 is 11.5 Å². The Balaban J connectivity index is 1.63. The van der Waals surface area contributed by atoms with Crippen LogP contribution in [0, 0.1) is 0 Å². The fraction of sp³-hybridized carbons (Fsp3) is 0.0526. The zero-order valence-electron chi connectivity index (χ0n) is 15.2. The number of halogens is 2. The van der Waals surface area contributed by atoms with Crippen molar-refractivity contribution in [1.82, 2.24) is 9.97 Å². The van der Waals surface area contributed by atoms with Crippen molar-refractivity contribution in [2.45, 2.75) is 5.16 Å². The third-order valence-corrected chi connectivity index (χ3v) is 5.67. The van der Waals surface area contributed by atoms with Crippen molar-refractivity contribution in [2.75, 3.05) is 22.1 Å². The molecule has 1 heterocycles. The zero-order chi connectivity index (χ0) is 21.7. The summed E-state index contributed by atoms with van der Waals surface area (Å²) in [4.78, 5) is 43.3. The van der Waals surface area contributed by atoms with Gasteiger partial charge in [-0.1, -0.05) is 43.6 Å². The molecule has 3 rings (SSSR count). The Morgan fingerprint density at radius 3 is 2.20 bits per heavy atom. The van der Waals surface area contributed by atoms with Crippen LogP contribution in [0.15, 0.2) is 67.4 Å². The highest BCUT2D eigenvalue weighted by molar-refractivity contribution is 9.10. The highest BCUT2D eigenvalue weighted by Crippen LogP contribution is 2.19. The van der Waals surface area contributed by atoms with Gasteiger partial charge in [0.2, 0.25) is 5.91 Å². The topological polar surface area (TPSA) is 130 Å². The van der Waals surface area contributed by atoms with E-state index in [9.17, 15) is 14.4 Å². The normalized spacial score (nSPS) is 10.5. The van der Waals surface area contributed by atoms with Crippen LogP contribution in [0.4, 0.5) is 17.2 Å². The minimum Gasteiger partial charge on any atom is -0.382 e. The number of hydrogen-bond donors (Lipinski definition) is 4. The molecule has 2 amide bonds. The van der Waals surface area contributed by atoms with Crippen LogP contribution in [0.5, 0.6) is 0 Å². The van der Waals surface area contributed by atoms with E-state index in [2.05, 4.69) is 52.5 Å². The SMILES string of the molecule is Nc1nc(SCC(=O)Nc2ccc(Br)cc2)[nH]c(=O)c1NC(=O)c1ccc(Br)cc1. The van der Waals surface area contributed by atoms with E-state index in [1.165, 1.54) is 0 Å². The Bertz CT molecular complexity index is 1130. The molecule has 3 aromatic rings. The molecule has 0 atom stereocenters. The van der Waals surface area contributed by atoms with E-state index in [1.807, 2.05) is 12.1 Å². The van der Waals surface area contributed by atoms with Gasteiger partial charge in [0.1, 0.15) is 5.69 Å². The van der Waals surface area contributed by atoms with Crippen molar-refractivity contribution in [3.63, 3.8) is 0 Å². The van der Waals surface area contributed by atoms with Gasteiger partial charge in [0.25, 0.3) is 11.5 Å². The molecular formula is C19H15Br2N5O3S. The molecule has 0 aliphatic carbocycles. The summed E-state index contributed by atoms with van der Waals surface area (Å²) in [6, 6.07) is 13.8. The molecule has 2 aromatic carbocycles. The number of nitrogen functional groups attached to an aromatic ring is 1. The van der Waals surface area contributed by atoms with Gasteiger partial charge < -0.3 is 16.4 Å². The third kappa shape index (κ3) is 5.94. The summed E-state index contributed by atoms with van der Waals surface area (Å²) in [5.74, 6) is -0.879. The van der Waals surface area contributed by atoms with Gasteiger partial charge in [-0.2, -0.15) is 0 Å². The summed E-state index contributed by atoms with van der Waals surface area (Å²) in [5.41, 5.74) is 6.10. The van der Waals surface area contributed by atoms with Crippen molar-refractivity contribution in [1.29, 1.82) is 0 Å². The van der Waals surface area contributed by atoms with Crippen molar-refractivity contribution in [3.05, 3.63) is 73.4 Å². The number of H-pyrrole nitrogens is 1. The van der Waals surface area contributed by atoms with Crippen LogP contribution in [0.2, 0.25) is 0 Å². The fourth-order valence-corrected chi connectivity index (χ4v) is 3.51. The van der Waals surface area contributed by atoms with E-state index in [-0.39, 0.29) is 28.3 Å². The molecule has 5 N–H and O–H groups in total. The monoisotopic (exact) mass is 551 g/mol. The molecule has 1 aromatic heterocycles. The lowest BCUT2D eigenvalue weighted by molar-refractivity contribution is -0.113. The smallest absolute Gasteiger partial charge is 0.277 e. The summed E-state index contributed by atoms with van der Waals surface area (Å²) < 4.78 is 1.73. The largest absolute Gasteiger partial charge is 0.382 e. The molecule has 8 nitrogen and oxygen atoms in total. The number of aromatic nitrogens is 2. The van der Waals surface area contributed by atoms with Crippen molar-refractivity contribution < 1.29 is 9.59 Å². The fourth-order valence-electron chi connectivity index (χ4n) is 2.31. The number of aromatic amines is 1. The number of amides is 2. The molecule has 0 bridgehead atoms. The van der Waals surface area contributed by atoms with Crippen LogP contribution in [0.1, 0.15) is 10.4 Å². The third-order valence-electron chi connectivity index (χ3n) is 3.74. The van der Waals surface area contributed by atoms with E-state index in [1.54, 1.807) is 36.4 Å². The first-order chi connectivity index (χ1) is 14.3. The molecule has 0 aliphatic heterocycles. The summed E-state index contributed by atoms with van der Waals surface area (Å²) in [7, 11) is 0. The minimum absolute atomic E-state index is 0.0169. The first-order valence-corrected chi connectivity index (χ1v) is 11.0. The van der Waals surface area contributed by atoms with E-state index in [0.717, 1.165) is 20.7 Å². The van der Waals surface area contributed by atoms with Gasteiger partial charge in [-0.3, -0.25) is 19.4 Å². The lowest BCUT2D eigenvalue weighted by Crippen LogP contribution is -2.23. The summed E-state index contributed by atoms with van der Waals surface area (Å²) in [6.45, 7) is 0. The first kappa shape index (κ1) is 22.1. The molecule has 0 saturated carbocycles. The Kier molecular flexibility index (Phi) is 7.29. The lowest BCUT2D eigenvalue weighted by Gasteiger charge is -2.09. The number of thioether (sulfide) groups is 1. The standard InChI is InChI=1S/C19H15Br2N5O3S/c20-11-3-1-10(2-4-11)17(28)24-15-16(22)25-19(26-18(15)29)30-9-14(27)23-13-7-5-12(21)6-8-13/h1-8H,9H2,(H,23,27)(H,24,28)(H3,22,25,26,29). The molecule has 154 valence electrons. The first-order valence-electron chi connectivity index (χ1n) is 8.47. The van der Waals surface area contributed by atoms with Crippen LogP contribution >= 0.6 is 43.6 Å². The summed E-state index contributed by atoms with van der Waals surface area (Å²) >= 11 is 7.63. The highest BCUT2D eigenvalue weighted by Gasteiger charge is 2.15. The molecule has 0 spiro atoms. The van der Waals surface area contributed by atoms with Crippen molar-refractivity contribution >= 4 is 72.6 Å². The predicted octanol–water partition coefficient (Wildman–Crippen LogP) is 3.86. The maximum atomic E-state index is 12.3. The average molecular weight is 553 g/mol. The van der Waals surface area contributed by atoms with Crippen LogP contribution in [-0.4, -0.2) is 27.5 Å². The number of carbonyl (C=O) groups excluding carboxylic acids is 2. The second kappa shape index (κ2) is 9.92. The maximum absolute atomic E-state index is 12.3. The van der Waals surface area contributed by atoms with E-state index in [4.69, 9.17) is 5.73 Å². The predicted molar refractivity (Wildman–Crippen MR) is 125 cm³/mol. The number of hydrogen-bond acceptors (Lipinski definition) is 6. The highest BCUT2D eigenvalue weighted by atomic mass is 79.9. The van der Waals surface area contributed by atoms with Crippen molar-refractivity contribution in [3.8, 4) is 0 Å². The zero-order valence-corrected chi connectivity index (χ0v) is 19.2. The van der Waals surface area contributed by atoms with E-state index in [0.29, 0.717) is 11.3 Å². The van der Waals surface area contributed by atoms with Crippen LogP contribution in [0.3, 0.4) is 0 Å². The van der Waals surface area contributed by atoms with Crippen molar-refractivity contribution in [2.24, 2.45) is 0 Å². The molecule has 0 unspecified atom stereocenters. The number of nitrogens with two attached hydrogens (primary N) is 1. The molecule has 0 fully saturated rings. The molecule has 11 heteroatoms. The maximum Gasteiger partial charge on any atom is 0.277 e. The molecule has 0 saturated heterocycles. The summed E-state index contributed by atoms with van der Waals surface area (Å²) in [6.07, 6.45) is 0. The average Bonchev–Trinajstić information content (AvgIpc) is 2.71. The van der Waals surface area contributed by atoms with E-state index >= 15 is 0 Å². The van der Waals surface area contributed by atoms with Gasteiger partial charge in [-0.15, -0.1) is 0 Å². The van der Waals surface area contributed by atoms with Gasteiger partial charge in [0.05, 0.1) is 5.75 Å². The van der Waals surface area contributed by atoms with Crippen LogP contribution < -0.4 is 21.9 Å². The van der Waals surface area contributed by atoms with Crippen LogP contribution in [0.25, 0.3) is 0 Å². The van der Waals surface area contributed by atoms with Gasteiger partial charge in [-0.25, -0.2) is 4.98 Å². The molecular weight excluding hydrogens is 538 g/mol. The number of anilines is 3. The summed E-state index contributed by atoms with van der Waals surface area (Å²) in [5, 5.41) is 5.37. The Hall–Kier alpha value is -2.63. The second-order valence-corrected chi connectivity index (χ2v) is 8.73. The molecule has 0 radical (unpaired) electrons. The number of rotatable bonds is 6. The Morgan fingerprint density at radius 2 is 1.60 bits per heavy atom. The quantitative estimate of drug-likeness (QED) is 0.271. The van der Waals surface area contributed by atoms with Gasteiger partial charge in [0.15, 0.2) is 11.0 Å². The number of nitrogens with zero attached hydrogens (tertiary/aromatic N) is 1. The number of carbonyl (C=O) groups is 2. The molecule has 0 aliphatic rings. The number of nitrogens with one attached hydrogen (secondary N) is 3. The Morgan fingerprint density at radius 1 is 1.00 bits per heavy atom. The molecule has 30 heavy (non-hydrogen) atoms.